The van der Waals surface area contributed by atoms with Gasteiger partial charge in [-0.2, -0.15) is 0 Å². The number of para-hydroxylation sites is 1. The van der Waals surface area contributed by atoms with Gasteiger partial charge in [0.05, 0.1) is 5.41 Å². The summed E-state index contributed by atoms with van der Waals surface area (Å²) >= 11 is 0. The minimum absolute atomic E-state index is 0.158. The zero-order valence-corrected chi connectivity index (χ0v) is 15.6. The molecule has 2 atom stereocenters. The van der Waals surface area contributed by atoms with Crippen LogP contribution in [-0.2, 0) is 16.0 Å². The van der Waals surface area contributed by atoms with E-state index in [1.54, 1.807) is 0 Å². The molecule has 4 nitrogen and oxygen atoms in total. The van der Waals surface area contributed by atoms with Gasteiger partial charge in [-0.05, 0) is 37.8 Å². The summed E-state index contributed by atoms with van der Waals surface area (Å²) in [6.45, 7) is 11.8. The van der Waals surface area contributed by atoms with Crippen LogP contribution in [0, 0.1) is 10.8 Å². The molecule has 132 valence electrons. The number of esters is 1. The number of fused-ring (bicyclic) bond motifs is 1. The number of rotatable bonds is 4. The summed E-state index contributed by atoms with van der Waals surface area (Å²) in [6.07, 6.45) is 2.22. The van der Waals surface area contributed by atoms with Crippen LogP contribution in [0.1, 0.15) is 47.1 Å². The quantitative estimate of drug-likeness (QED) is 0.831. The summed E-state index contributed by atoms with van der Waals surface area (Å²) < 4.78 is 5.85. The molecular formula is C20H30N2O2. The highest BCUT2D eigenvalue weighted by Gasteiger charge is 2.35. The minimum atomic E-state index is -0.546. The topological polar surface area (TPSA) is 68.1 Å². The molecule has 2 aromatic rings. The second kappa shape index (κ2) is 6.60. The maximum Gasteiger partial charge on any atom is 0.311 e. The molecule has 0 spiro atoms. The molecule has 1 aromatic carbocycles. The SMILES string of the molecule is CC(C)(C)C(=O)OC(Cc1c[nH]c2ccccc12)C(N)C(C)(C)C. The number of nitrogens with two attached hydrogens (primary N) is 1. The zero-order valence-electron chi connectivity index (χ0n) is 15.6. The number of carbonyl (C=O) groups excluding carboxylic acids is 1. The van der Waals surface area contributed by atoms with E-state index in [2.05, 4.69) is 31.8 Å². The van der Waals surface area contributed by atoms with Crippen LogP contribution in [-0.4, -0.2) is 23.1 Å². The molecule has 0 aliphatic carbocycles. The summed E-state index contributed by atoms with van der Waals surface area (Å²) in [7, 11) is 0. The van der Waals surface area contributed by atoms with Gasteiger partial charge in [0, 0.05) is 29.6 Å². The van der Waals surface area contributed by atoms with E-state index < -0.39 is 5.41 Å². The van der Waals surface area contributed by atoms with Crippen LogP contribution in [0.25, 0.3) is 10.9 Å². The van der Waals surface area contributed by atoms with Gasteiger partial charge >= 0.3 is 5.97 Å². The van der Waals surface area contributed by atoms with Crippen molar-refractivity contribution in [1.82, 2.24) is 4.98 Å². The predicted molar refractivity (Wildman–Crippen MR) is 98.8 cm³/mol. The molecule has 4 heteroatoms. The Hall–Kier alpha value is -1.81. The number of carbonyl (C=O) groups is 1. The van der Waals surface area contributed by atoms with Crippen LogP contribution < -0.4 is 5.73 Å². The highest BCUT2D eigenvalue weighted by molar-refractivity contribution is 5.83. The molecule has 0 fully saturated rings. The number of benzene rings is 1. The Bertz CT molecular complexity index is 704. The third-order valence-corrected chi connectivity index (χ3v) is 4.37. The first kappa shape index (κ1) is 18.5. The Balaban J connectivity index is 2.30. The minimum Gasteiger partial charge on any atom is -0.460 e. The van der Waals surface area contributed by atoms with Gasteiger partial charge < -0.3 is 15.5 Å². The van der Waals surface area contributed by atoms with E-state index in [0.717, 1.165) is 16.5 Å². The Morgan fingerprint density at radius 2 is 1.79 bits per heavy atom. The van der Waals surface area contributed by atoms with E-state index in [1.807, 2.05) is 45.2 Å². The normalized spacial score (nSPS) is 15.3. The molecule has 2 unspecified atom stereocenters. The third kappa shape index (κ3) is 4.18. The highest BCUT2D eigenvalue weighted by atomic mass is 16.5. The highest BCUT2D eigenvalue weighted by Crippen LogP contribution is 2.28. The lowest BCUT2D eigenvalue weighted by Gasteiger charge is -2.35. The lowest BCUT2D eigenvalue weighted by molar-refractivity contribution is -0.161. The van der Waals surface area contributed by atoms with E-state index in [1.165, 1.54) is 0 Å². The van der Waals surface area contributed by atoms with Gasteiger partial charge in [0.1, 0.15) is 6.10 Å². The zero-order chi connectivity index (χ0) is 18.1. The number of hydrogen-bond acceptors (Lipinski definition) is 3. The Morgan fingerprint density at radius 3 is 2.38 bits per heavy atom. The van der Waals surface area contributed by atoms with E-state index in [0.29, 0.717) is 6.42 Å². The number of ether oxygens (including phenoxy) is 1. The standard InChI is InChI=1S/C20H30N2O2/c1-19(2,3)17(21)16(24-18(23)20(4,5)6)11-13-12-22-15-10-8-7-9-14(13)15/h7-10,12,16-17,22H,11,21H2,1-6H3. The average molecular weight is 330 g/mol. The second-order valence-corrected chi connectivity index (χ2v) is 8.65. The van der Waals surface area contributed by atoms with Crippen molar-refractivity contribution < 1.29 is 9.53 Å². The molecule has 0 amide bonds. The van der Waals surface area contributed by atoms with Gasteiger partial charge in [0.15, 0.2) is 0 Å². The molecule has 2 rings (SSSR count). The van der Waals surface area contributed by atoms with Gasteiger partial charge in [0.25, 0.3) is 0 Å². The van der Waals surface area contributed by atoms with Crippen molar-refractivity contribution in [2.45, 2.75) is 60.1 Å². The van der Waals surface area contributed by atoms with Gasteiger partial charge in [-0.3, -0.25) is 4.79 Å². The molecule has 0 aliphatic rings. The molecule has 24 heavy (non-hydrogen) atoms. The fourth-order valence-electron chi connectivity index (χ4n) is 2.63. The van der Waals surface area contributed by atoms with Crippen LogP contribution in [0.2, 0.25) is 0 Å². The Kier molecular flexibility index (Phi) is 5.09. The van der Waals surface area contributed by atoms with Crippen molar-refractivity contribution in [3.63, 3.8) is 0 Å². The van der Waals surface area contributed by atoms with Crippen LogP contribution in [0.5, 0.6) is 0 Å². The predicted octanol–water partition coefficient (Wildman–Crippen LogP) is 4.04. The largest absolute Gasteiger partial charge is 0.460 e. The van der Waals surface area contributed by atoms with Gasteiger partial charge in [0.2, 0.25) is 0 Å². The molecule has 1 aromatic heterocycles. The maximum absolute atomic E-state index is 12.4. The Morgan fingerprint density at radius 1 is 1.17 bits per heavy atom. The van der Waals surface area contributed by atoms with Crippen LogP contribution in [0.3, 0.4) is 0 Å². The number of H-pyrrole nitrogens is 1. The summed E-state index contributed by atoms with van der Waals surface area (Å²) in [5, 5.41) is 1.15. The van der Waals surface area contributed by atoms with Crippen molar-refractivity contribution in [3.05, 3.63) is 36.0 Å². The lowest BCUT2D eigenvalue weighted by Crippen LogP contribution is -2.49. The summed E-state index contributed by atoms with van der Waals surface area (Å²) in [5.41, 5.74) is 7.96. The summed E-state index contributed by atoms with van der Waals surface area (Å²) in [6, 6.07) is 7.88. The molecule has 1 heterocycles. The first-order valence-corrected chi connectivity index (χ1v) is 8.52. The monoisotopic (exact) mass is 330 g/mol. The molecule has 0 radical (unpaired) electrons. The van der Waals surface area contributed by atoms with Crippen LogP contribution in [0.4, 0.5) is 0 Å². The Labute approximate surface area is 144 Å². The summed E-state index contributed by atoms with van der Waals surface area (Å²) in [4.78, 5) is 15.7. The number of nitrogens with one attached hydrogen (secondary N) is 1. The van der Waals surface area contributed by atoms with Gasteiger partial charge in [-0.25, -0.2) is 0 Å². The third-order valence-electron chi connectivity index (χ3n) is 4.37. The summed E-state index contributed by atoms with van der Waals surface area (Å²) in [5.74, 6) is -0.216. The number of hydrogen-bond donors (Lipinski definition) is 2. The van der Waals surface area contributed by atoms with Crippen molar-refractivity contribution in [3.8, 4) is 0 Å². The van der Waals surface area contributed by atoms with E-state index in [4.69, 9.17) is 10.5 Å². The smallest absolute Gasteiger partial charge is 0.311 e. The maximum atomic E-state index is 12.4. The van der Waals surface area contributed by atoms with Crippen molar-refractivity contribution >= 4 is 16.9 Å². The van der Waals surface area contributed by atoms with Crippen LogP contribution in [0.15, 0.2) is 30.5 Å². The van der Waals surface area contributed by atoms with E-state index in [9.17, 15) is 4.79 Å². The van der Waals surface area contributed by atoms with Crippen molar-refractivity contribution in [2.75, 3.05) is 0 Å². The van der Waals surface area contributed by atoms with Gasteiger partial charge in [-0.1, -0.05) is 39.0 Å². The molecule has 3 N–H and O–H groups in total. The van der Waals surface area contributed by atoms with Crippen molar-refractivity contribution in [1.29, 1.82) is 0 Å². The molecule has 0 saturated heterocycles. The lowest BCUT2D eigenvalue weighted by atomic mass is 9.82. The fraction of sp³-hybridized carbons (Fsp3) is 0.550. The van der Waals surface area contributed by atoms with Crippen LogP contribution >= 0.6 is 0 Å². The first-order valence-electron chi connectivity index (χ1n) is 8.52. The molecule has 0 bridgehead atoms. The molecular weight excluding hydrogens is 300 g/mol. The average Bonchev–Trinajstić information content (AvgIpc) is 2.87. The molecule has 0 aliphatic heterocycles. The first-order chi connectivity index (χ1) is 11.0. The van der Waals surface area contributed by atoms with E-state index in [-0.39, 0.29) is 23.5 Å². The fourth-order valence-corrected chi connectivity index (χ4v) is 2.63. The van der Waals surface area contributed by atoms with E-state index >= 15 is 0 Å². The second-order valence-electron chi connectivity index (χ2n) is 8.65. The number of aromatic amines is 1. The van der Waals surface area contributed by atoms with Crippen molar-refractivity contribution in [2.24, 2.45) is 16.6 Å². The molecule has 0 saturated carbocycles. The van der Waals surface area contributed by atoms with Gasteiger partial charge in [-0.15, -0.1) is 0 Å². The number of aromatic nitrogens is 1.